The van der Waals surface area contributed by atoms with Crippen molar-refractivity contribution < 1.29 is 9.15 Å². The number of furan rings is 1. The molecular weight excluding hydrogens is 190 g/mol. The first-order valence-corrected chi connectivity index (χ1v) is 5.57. The fourth-order valence-corrected chi connectivity index (χ4v) is 1.99. The van der Waals surface area contributed by atoms with E-state index in [9.17, 15) is 0 Å². The van der Waals surface area contributed by atoms with E-state index < -0.39 is 0 Å². The van der Waals surface area contributed by atoms with Gasteiger partial charge in [0, 0.05) is 6.54 Å². The van der Waals surface area contributed by atoms with Gasteiger partial charge in [-0.05, 0) is 38.8 Å². The first kappa shape index (κ1) is 10.7. The Morgan fingerprint density at radius 2 is 2.40 bits per heavy atom. The third kappa shape index (κ3) is 3.08. The second-order valence-electron chi connectivity index (χ2n) is 4.75. The zero-order valence-electron chi connectivity index (χ0n) is 9.45. The summed E-state index contributed by atoms with van der Waals surface area (Å²) in [5, 5.41) is 3.35. The minimum Gasteiger partial charge on any atom is -0.468 e. The molecule has 1 fully saturated rings. The molecule has 15 heavy (non-hydrogen) atoms. The third-order valence-electron chi connectivity index (χ3n) is 2.81. The van der Waals surface area contributed by atoms with E-state index in [-0.39, 0.29) is 5.60 Å². The fraction of sp³-hybridized carbons (Fsp3) is 0.667. The van der Waals surface area contributed by atoms with Crippen molar-refractivity contribution in [1.82, 2.24) is 5.32 Å². The summed E-state index contributed by atoms with van der Waals surface area (Å²) in [5.41, 5.74) is 0.0665. The van der Waals surface area contributed by atoms with E-state index in [0.29, 0.717) is 6.10 Å². The van der Waals surface area contributed by atoms with Crippen molar-refractivity contribution in [3.8, 4) is 0 Å². The average molecular weight is 209 g/mol. The van der Waals surface area contributed by atoms with Crippen molar-refractivity contribution in [2.75, 3.05) is 6.54 Å². The molecule has 84 valence electrons. The molecule has 1 aromatic rings. The van der Waals surface area contributed by atoms with E-state index in [1.165, 1.54) is 0 Å². The Bertz CT molecular complexity index is 293. The zero-order valence-corrected chi connectivity index (χ0v) is 9.45. The van der Waals surface area contributed by atoms with Gasteiger partial charge in [-0.15, -0.1) is 0 Å². The molecule has 0 radical (unpaired) electrons. The molecule has 0 amide bonds. The summed E-state index contributed by atoms with van der Waals surface area (Å²) in [6.07, 6.45) is 4.36. The van der Waals surface area contributed by atoms with Crippen molar-refractivity contribution in [3.05, 3.63) is 24.2 Å². The zero-order chi connectivity index (χ0) is 10.7. The Balaban J connectivity index is 1.67. The quantitative estimate of drug-likeness (QED) is 0.826. The van der Waals surface area contributed by atoms with E-state index in [1.54, 1.807) is 6.26 Å². The van der Waals surface area contributed by atoms with E-state index in [0.717, 1.165) is 31.7 Å². The minimum atomic E-state index is 0.0665. The van der Waals surface area contributed by atoms with Crippen molar-refractivity contribution in [1.29, 1.82) is 0 Å². The maximum atomic E-state index is 5.88. The highest BCUT2D eigenvalue weighted by molar-refractivity contribution is 4.97. The Kier molecular flexibility index (Phi) is 3.12. The van der Waals surface area contributed by atoms with Crippen molar-refractivity contribution in [2.24, 2.45) is 0 Å². The third-order valence-corrected chi connectivity index (χ3v) is 2.81. The first-order valence-electron chi connectivity index (χ1n) is 5.57. The van der Waals surface area contributed by atoms with Crippen LogP contribution >= 0.6 is 0 Å². The van der Waals surface area contributed by atoms with Crippen LogP contribution in [0.15, 0.2) is 22.8 Å². The van der Waals surface area contributed by atoms with Crippen LogP contribution in [0.3, 0.4) is 0 Å². The highest BCUT2D eigenvalue weighted by atomic mass is 16.5. The summed E-state index contributed by atoms with van der Waals surface area (Å²) >= 11 is 0. The van der Waals surface area contributed by atoms with Gasteiger partial charge in [-0.25, -0.2) is 0 Å². The van der Waals surface area contributed by atoms with Crippen LogP contribution in [-0.2, 0) is 11.3 Å². The summed E-state index contributed by atoms with van der Waals surface area (Å²) in [5.74, 6) is 0.979. The average Bonchev–Trinajstić information content (AvgIpc) is 2.76. The minimum absolute atomic E-state index is 0.0665. The molecule has 0 spiro atoms. The summed E-state index contributed by atoms with van der Waals surface area (Å²) in [6.45, 7) is 6.00. The predicted molar refractivity (Wildman–Crippen MR) is 58.6 cm³/mol. The van der Waals surface area contributed by atoms with E-state index in [1.807, 2.05) is 12.1 Å². The van der Waals surface area contributed by atoms with E-state index in [4.69, 9.17) is 9.15 Å². The van der Waals surface area contributed by atoms with Gasteiger partial charge in [-0.1, -0.05) is 0 Å². The fourth-order valence-electron chi connectivity index (χ4n) is 1.99. The number of ether oxygens (including phenoxy) is 1. The van der Waals surface area contributed by atoms with Crippen molar-refractivity contribution in [2.45, 2.75) is 44.9 Å². The molecule has 1 unspecified atom stereocenters. The molecule has 1 N–H and O–H groups in total. The lowest BCUT2D eigenvalue weighted by Gasteiger charge is -2.19. The SMILES string of the molecule is CC1(C)CCC(CNCc2ccco2)O1. The normalized spacial score (nSPS) is 24.5. The van der Waals surface area contributed by atoms with E-state index in [2.05, 4.69) is 19.2 Å². The smallest absolute Gasteiger partial charge is 0.117 e. The second kappa shape index (κ2) is 4.37. The molecule has 1 aromatic heterocycles. The first-order chi connectivity index (χ1) is 7.16. The van der Waals surface area contributed by atoms with Gasteiger partial charge in [0.05, 0.1) is 24.5 Å². The summed E-state index contributed by atoms with van der Waals surface area (Å²) in [6, 6.07) is 3.89. The lowest BCUT2D eigenvalue weighted by atomic mass is 10.1. The molecule has 2 rings (SSSR count). The van der Waals surface area contributed by atoms with Crippen molar-refractivity contribution in [3.63, 3.8) is 0 Å². The lowest BCUT2D eigenvalue weighted by molar-refractivity contribution is -0.0144. The van der Waals surface area contributed by atoms with Crippen LogP contribution in [-0.4, -0.2) is 18.2 Å². The second-order valence-corrected chi connectivity index (χ2v) is 4.75. The van der Waals surface area contributed by atoms with Gasteiger partial charge in [0.1, 0.15) is 5.76 Å². The number of rotatable bonds is 4. The Morgan fingerprint density at radius 3 is 3.00 bits per heavy atom. The van der Waals surface area contributed by atoms with Gasteiger partial charge in [-0.3, -0.25) is 0 Å². The maximum absolute atomic E-state index is 5.88. The number of hydrogen-bond donors (Lipinski definition) is 1. The molecule has 0 saturated carbocycles. The largest absolute Gasteiger partial charge is 0.468 e. The van der Waals surface area contributed by atoms with Gasteiger partial charge in [0.15, 0.2) is 0 Å². The molecule has 1 saturated heterocycles. The Morgan fingerprint density at radius 1 is 1.53 bits per heavy atom. The van der Waals surface area contributed by atoms with Crippen LogP contribution < -0.4 is 5.32 Å². The van der Waals surface area contributed by atoms with Crippen LogP contribution in [0, 0.1) is 0 Å². The Labute approximate surface area is 90.8 Å². The van der Waals surface area contributed by atoms with Crippen molar-refractivity contribution >= 4 is 0 Å². The topological polar surface area (TPSA) is 34.4 Å². The van der Waals surface area contributed by atoms with Crippen LogP contribution in [0.1, 0.15) is 32.4 Å². The maximum Gasteiger partial charge on any atom is 0.117 e. The van der Waals surface area contributed by atoms with Gasteiger partial charge in [-0.2, -0.15) is 0 Å². The molecule has 3 nitrogen and oxygen atoms in total. The van der Waals surface area contributed by atoms with Gasteiger partial charge in [0.25, 0.3) is 0 Å². The van der Waals surface area contributed by atoms with Gasteiger partial charge in [0.2, 0.25) is 0 Å². The molecule has 0 aromatic carbocycles. The predicted octanol–water partition coefficient (Wildman–Crippen LogP) is 2.33. The molecule has 2 heterocycles. The highest BCUT2D eigenvalue weighted by Crippen LogP contribution is 2.28. The van der Waals surface area contributed by atoms with Crippen LogP contribution in [0.5, 0.6) is 0 Å². The summed E-state index contributed by atoms with van der Waals surface area (Å²) in [7, 11) is 0. The molecule has 3 heteroatoms. The van der Waals surface area contributed by atoms with E-state index >= 15 is 0 Å². The monoisotopic (exact) mass is 209 g/mol. The molecule has 1 aliphatic rings. The van der Waals surface area contributed by atoms with Gasteiger partial charge >= 0.3 is 0 Å². The number of hydrogen-bond acceptors (Lipinski definition) is 3. The summed E-state index contributed by atoms with van der Waals surface area (Å²) in [4.78, 5) is 0. The molecular formula is C12H19NO2. The van der Waals surface area contributed by atoms with Crippen LogP contribution in [0.4, 0.5) is 0 Å². The molecule has 0 bridgehead atoms. The molecule has 1 aliphatic heterocycles. The van der Waals surface area contributed by atoms with Crippen LogP contribution in [0.2, 0.25) is 0 Å². The molecule has 0 aliphatic carbocycles. The van der Waals surface area contributed by atoms with Crippen LogP contribution in [0.25, 0.3) is 0 Å². The molecule has 1 atom stereocenters. The Hall–Kier alpha value is -0.800. The number of nitrogens with one attached hydrogen (secondary N) is 1. The summed E-state index contributed by atoms with van der Waals surface area (Å²) < 4.78 is 11.1. The lowest BCUT2D eigenvalue weighted by Crippen LogP contribution is -2.28. The standard InChI is InChI=1S/C12H19NO2/c1-12(2)6-5-11(15-12)9-13-8-10-4-3-7-14-10/h3-4,7,11,13H,5-6,8-9H2,1-2H3. The van der Waals surface area contributed by atoms with Gasteiger partial charge < -0.3 is 14.5 Å². The highest BCUT2D eigenvalue weighted by Gasteiger charge is 2.31.